The van der Waals surface area contributed by atoms with E-state index in [-0.39, 0.29) is 19.4 Å². The molecule has 1 aromatic carbocycles. The van der Waals surface area contributed by atoms with E-state index in [1.807, 2.05) is 30.3 Å². The molecule has 26 heavy (non-hydrogen) atoms. The minimum atomic E-state index is -3.77. The molecule has 0 fully saturated rings. The lowest BCUT2D eigenvalue weighted by Crippen LogP contribution is -2.24. The van der Waals surface area contributed by atoms with Gasteiger partial charge in [0.15, 0.2) is 0 Å². The van der Waals surface area contributed by atoms with Crippen LogP contribution in [0.25, 0.3) is 0 Å². The van der Waals surface area contributed by atoms with Crippen LogP contribution in [0.2, 0.25) is 0 Å². The average molecular weight is 406 g/mol. The molecule has 0 bridgehead atoms. The fraction of sp³-hybridized carbons (Fsp3) is 0.588. The number of hydrogen-bond acceptors (Lipinski definition) is 7. The van der Waals surface area contributed by atoms with E-state index in [9.17, 15) is 17.8 Å². The zero-order valence-electron chi connectivity index (χ0n) is 15.4. The minimum Gasteiger partial charge on any atom is -0.466 e. The maximum atomic E-state index is 13.0. The van der Waals surface area contributed by atoms with Gasteiger partial charge in [-0.1, -0.05) is 30.3 Å². The largest absolute Gasteiger partial charge is 0.466 e. The van der Waals surface area contributed by atoms with E-state index in [0.717, 1.165) is 11.8 Å². The molecule has 0 N–H and O–H groups in total. The van der Waals surface area contributed by atoms with Gasteiger partial charge >= 0.3 is 5.97 Å². The monoisotopic (exact) mass is 406 g/mol. The van der Waals surface area contributed by atoms with E-state index in [4.69, 9.17) is 9.26 Å². The molecular formula is C17H27O7PS. The Hall–Kier alpha value is -1.21. The first-order valence-corrected chi connectivity index (χ1v) is 12.3. The molecule has 7 nitrogen and oxygen atoms in total. The summed E-state index contributed by atoms with van der Waals surface area (Å²) in [5, 5.41) is 0. The summed E-state index contributed by atoms with van der Waals surface area (Å²) in [6.45, 7) is 3.68. The van der Waals surface area contributed by atoms with Crippen molar-refractivity contribution in [3.05, 3.63) is 35.9 Å². The second kappa shape index (κ2) is 10.8. The lowest BCUT2D eigenvalue weighted by atomic mass is 10.0. The summed E-state index contributed by atoms with van der Waals surface area (Å²) < 4.78 is 50.5. The van der Waals surface area contributed by atoms with Gasteiger partial charge in [-0.3, -0.25) is 13.5 Å². The molecule has 0 aromatic heterocycles. The highest BCUT2D eigenvalue weighted by molar-refractivity contribution is 7.86. The van der Waals surface area contributed by atoms with Gasteiger partial charge in [0.25, 0.3) is 10.1 Å². The SMILES string of the molecule is CCOC(=O)C(CCc1ccccc1)CP(=O)(COS(C)(=O)=O)OCC. The molecule has 1 rings (SSSR count). The molecule has 0 amide bonds. The van der Waals surface area contributed by atoms with Crippen LogP contribution in [0.3, 0.4) is 0 Å². The van der Waals surface area contributed by atoms with Crippen molar-refractivity contribution < 1.29 is 31.2 Å². The van der Waals surface area contributed by atoms with Crippen molar-refractivity contribution in [2.24, 2.45) is 5.92 Å². The van der Waals surface area contributed by atoms with E-state index in [2.05, 4.69) is 4.18 Å². The smallest absolute Gasteiger partial charge is 0.309 e. The third-order valence-corrected chi connectivity index (χ3v) is 6.54. The second-order valence-electron chi connectivity index (χ2n) is 5.84. The van der Waals surface area contributed by atoms with Crippen LogP contribution >= 0.6 is 7.37 Å². The Labute approximate surface area is 155 Å². The molecule has 0 saturated carbocycles. The van der Waals surface area contributed by atoms with Crippen molar-refractivity contribution in [1.29, 1.82) is 0 Å². The number of carbonyl (C=O) groups is 1. The van der Waals surface area contributed by atoms with Crippen LogP contribution in [0, 0.1) is 5.92 Å². The molecular weight excluding hydrogens is 379 g/mol. The van der Waals surface area contributed by atoms with Crippen LogP contribution in [0.15, 0.2) is 30.3 Å². The van der Waals surface area contributed by atoms with Crippen molar-refractivity contribution in [1.82, 2.24) is 0 Å². The maximum absolute atomic E-state index is 13.0. The Morgan fingerprint density at radius 2 is 1.81 bits per heavy atom. The fourth-order valence-electron chi connectivity index (χ4n) is 2.42. The molecule has 148 valence electrons. The summed E-state index contributed by atoms with van der Waals surface area (Å²) in [7, 11) is -7.24. The van der Waals surface area contributed by atoms with Gasteiger partial charge in [0.2, 0.25) is 7.37 Å². The van der Waals surface area contributed by atoms with Crippen LogP contribution < -0.4 is 0 Å². The predicted octanol–water partition coefficient (Wildman–Crippen LogP) is 3.05. The molecule has 0 aliphatic rings. The summed E-state index contributed by atoms with van der Waals surface area (Å²) in [5.74, 6) is -1.14. The van der Waals surface area contributed by atoms with Gasteiger partial charge in [0, 0.05) is 6.16 Å². The highest BCUT2D eigenvalue weighted by atomic mass is 32.2. The highest BCUT2D eigenvalue weighted by Crippen LogP contribution is 2.49. The van der Waals surface area contributed by atoms with E-state index < -0.39 is 35.7 Å². The van der Waals surface area contributed by atoms with Crippen molar-refractivity contribution in [3.63, 3.8) is 0 Å². The number of carbonyl (C=O) groups excluding carboxylic acids is 1. The zero-order valence-corrected chi connectivity index (χ0v) is 17.1. The summed E-state index contributed by atoms with van der Waals surface area (Å²) in [5.41, 5.74) is 1.04. The molecule has 0 aliphatic heterocycles. The molecule has 0 heterocycles. The third kappa shape index (κ3) is 8.94. The highest BCUT2D eigenvalue weighted by Gasteiger charge is 2.33. The first-order valence-electron chi connectivity index (χ1n) is 8.46. The summed E-state index contributed by atoms with van der Waals surface area (Å²) in [6, 6.07) is 9.59. The van der Waals surface area contributed by atoms with E-state index in [1.54, 1.807) is 13.8 Å². The first-order chi connectivity index (χ1) is 12.2. The minimum absolute atomic E-state index is 0.123. The van der Waals surface area contributed by atoms with Crippen molar-refractivity contribution in [3.8, 4) is 0 Å². The van der Waals surface area contributed by atoms with Crippen LogP contribution in [-0.2, 0) is 39.3 Å². The quantitative estimate of drug-likeness (QED) is 0.299. The van der Waals surface area contributed by atoms with Crippen molar-refractivity contribution in [2.75, 3.05) is 32.0 Å². The Bertz CT molecular complexity index is 703. The maximum Gasteiger partial charge on any atom is 0.309 e. The van der Waals surface area contributed by atoms with Gasteiger partial charge in [-0.2, -0.15) is 8.42 Å². The molecule has 0 radical (unpaired) electrons. The Morgan fingerprint density at radius 3 is 2.35 bits per heavy atom. The van der Waals surface area contributed by atoms with E-state index >= 15 is 0 Å². The fourth-order valence-corrected chi connectivity index (χ4v) is 5.59. The Kier molecular flexibility index (Phi) is 9.50. The Morgan fingerprint density at radius 1 is 1.15 bits per heavy atom. The standard InChI is InChI=1S/C17H27O7PS/c1-4-22-17(18)16(12-11-15-9-7-6-8-10-15)13-25(19,23-5-2)14-24-26(3,20)21/h6-10,16H,4-5,11-14H2,1-3H3. The molecule has 1 aromatic rings. The summed E-state index contributed by atoms with van der Waals surface area (Å²) in [6.07, 6.45) is 1.19. The number of esters is 1. The van der Waals surface area contributed by atoms with Gasteiger partial charge in [-0.15, -0.1) is 0 Å². The average Bonchev–Trinajstić information content (AvgIpc) is 2.58. The second-order valence-corrected chi connectivity index (χ2v) is 9.99. The zero-order chi connectivity index (χ0) is 19.6. The number of hydrogen-bond donors (Lipinski definition) is 0. The van der Waals surface area contributed by atoms with Gasteiger partial charge < -0.3 is 9.26 Å². The van der Waals surface area contributed by atoms with Gasteiger partial charge in [-0.05, 0) is 32.3 Å². The summed E-state index contributed by atoms with van der Waals surface area (Å²) in [4.78, 5) is 12.3. The first kappa shape index (κ1) is 22.8. The Balaban J connectivity index is 2.88. The number of aryl methyl sites for hydroxylation is 1. The molecule has 0 saturated heterocycles. The summed E-state index contributed by atoms with van der Waals surface area (Å²) >= 11 is 0. The van der Waals surface area contributed by atoms with Gasteiger partial charge in [0.05, 0.1) is 25.4 Å². The third-order valence-electron chi connectivity index (χ3n) is 3.57. The van der Waals surface area contributed by atoms with Gasteiger partial charge in [0.1, 0.15) is 6.35 Å². The van der Waals surface area contributed by atoms with Crippen LogP contribution in [-0.4, -0.2) is 46.4 Å². The van der Waals surface area contributed by atoms with Crippen molar-refractivity contribution >= 4 is 23.5 Å². The molecule has 2 unspecified atom stereocenters. The number of rotatable bonds is 12. The molecule has 0 spiro atoms. The predicted molar refractivity (Wildman–Crippen MR) is 99.8 cm³/mol. The number of benzene rings is 1. The normalized spacial score (nSPS) is 15.2. The van der Waals surface area contributed by atoms with E-state index in [0.29, 0.717) is 12.8 Å². The lowest BCUT2D eigenvalue weighted by Gasteiger charge is -2.22. The van der Waals surface area contributed by atoms with Crippen LogP contribution in [0.1, 0.15) is 25.8 Å². The lowest BCUT2D eigenvalue weighted by molar-refractivity contribution is -0.147. The number of ether oxygens (including phenoxy) is 1. The van der Waals surface area contributed by atoms with Crippen molar-refractivity contribution in [2.45, 2.75) is 26.7 Å². The topological polar surface area (TPSA) is 96.0 Å². The van der Waals surface area contributed by atoms with Crippen LogP contribution in [0.4, 0.5) is 0 Å². The van der Waals surface area contributed by atoms with E-state index in [1.165, 1.54) is 0 Å². The molecule has 9 heteroatoms. The van der Waals surface area contributed by atoms with Gasteiger partial charge in [-0.25, -0.2) is 0 Å². The van der Waals surface area contributed by atoms with Crippen LogP contribution in [0.5, 0.6) is 0 Å². The molecule has 2 atom stereocenters. The molecule has 0 aliphatic carbocycles.